The van der Waals surface area contributed by atoms with Crippen molar-refractivity contribution in [3.05, 3.63) is 30.1 Å². The fourth-order valence-electron chi connectivity index (χ4n) is 1.53. The van der Waals surface area contributed by atoms with Crippen LogP contribution < -0.4 is 5.73 Å². The van der Waals surface area contributed by atoms with Gasteiger partial charge < -0.3 is 10.8 Å². The van der Waals surface area contributed by atoms with Crippen molar-refractivity contribution in [2.45, 2.75) is 18.1 Å². The van der Waals surface area contributed by atoms with E-state index in [1.165, 1.54) is 0 Å². The summed E-state index contributed by atoms with van der Waals surface area (Å²) in [5.74, 6) is -0.674. The number of nitrogen functional groups attached to an aromatic ring is 1. The molecule has 0 radical (unpaired) electrons. The lowest BCUT2D eigenvalue weighted by Crippen LogP contribution is -2.08. The Kier molecular flexibility index (Phi) is 4.35. The molecule has 2 aromatic rings. The minimum atomic E-state index is -0.898. The van der Waals surface area contributed by atoms with Crippen LogP contribution >= 0.6 is 11.8 Å². The van der Waals surface area contributed by atoms with Gasteiger partial charge in [-0.3, -0.25) is 14.3 Å². The molecule has 0 saturated carbocycles. The van der Waals surface area contributed by atoms with Gasteiger partial charge in [-0.25, -0.2) is 0 Å². The molecule has 3 N–H and O–H groups in total. The summed E-state index contributed by atoms with van der Waals surface area (Å²) in [6, 6.07) is 3.84. The highest BCUT2D eigenvalue weighted by atomic mass is 32.2. The molecular weight excluding hydrogens is 266 g/mol. The zero-order valence-electron chi connectivity index (χ0n) is 10.1. The summed E-state index contributed by atoms with van der Waals surface area (Å²) in [7, 11) is 0. The average molecular weight is 279 g/mol. The van der Waals surface area contributed by atoms with E-state index in [9.17, 15) is 4.79 Å². The molecule has 0 aliphatic carbocycles. The molecule has 0 amide bonds. The van der Waals surface area contributed by atoms with Crippen molar-refractivity contribution in [1.29, 1.82) is 0 Å². The van der Waals surface area contributed by atoms with Crippen molar-refractivity contribution in [3.8, 4) is 0 Å². The predicted molar refractivity (Wildman–Crippen MR) is 70.7 cm³/mol. The molecule has 2 aromatic heterocycles. The monoisotopic (exact) mass is 279 g/mol. The van der Waals surface area contributed by atoms with Gasteiger partial charge in [-0.2, -0.15) is 0 Å². The molecule has 0 spiro atoms. The van der Waals surface area contributed by atoms with E-state index in [4.69, 9.17) is 10.8 Å². The average Bonchev–Trinajstić information content (AvgIpc) is 2.76. The SMILES string of the molecule is Nc1nnc(SCC(=O)O)n1CCc1cccnc1. The van der Waals surface area contributed by atoms with Gasteiger partial charge in [-0.15, -0.1) is 10.2 Å². The number of rotatable bonds is 6. The number of aliphatic carboxylic acids is 1. The highest BCUT2D eigenvalue weighted by molar-refractivity contribution is 7.99. The molecule has 8 heteroatoms. The normalized spacial score (nSPS) is 10.5. The number of thioether (sulfide) groups is 1. The summed E-state index contributed by atoms with van der Waals surface area (Å²) >= 11 is 1.11. The van der Waals surface area contributed by atoms with Crippen LogP contribution in [0.5, 0.6) is 0 Å². The van der Waals surface area contributed by atoms with Crippen LogP contribution in [-0.2, 0) is 17.8 Å². The molecule has 19 heavy (non-hydrogen) atoms. The third-order valence-electron chi connectivity index (χ3n) is 2.42. The maximum atomic E-state index is 10.6. The van der Waals surface area contributed by atoms with E-state index in [2.05, 4.69) is 15.2 Å². The van der Waals surface area contributed by atoms with Crippen LogP contribution in [0.3, 0.4) is 0 Å². The second kappa shape index (κ2) is 6.19. The zero-order valence-corrected chi connectivity index (χ0v) is 10.9. The summed E-state index contributed by atoms with van der Waals surface area (Å²) in [5, 5.41) is 16.8. The fraction of sp³-hybridized carbons (Fsp3) is 0.273. The first-order valence-corrected chi connectivity index (χ1v) is 6.57. The number of carboxylic acid groups (broad SMARTS) is 1. The predicted octanol–water partition coefficient (Wildman–Crippen LogP) is 0.675. The van der Waals surface area contributed by atoms with E-state index in [0.717, 1.165) is 23.7 Å². The largest absolute Gasteiger partial charge is 0.481 e. The van der Waals surface area contributed by atoms with Crippen molar-refractivity contribution >= 4 is 23.7 Å². The van der Waals surface area contributed by atoms with Crippen LogP contribution in [0.25, 0.3) is 0 Å². The molecule has 0 aliphatic rings. The van der Waals surface area contributed by atoms with Gasteiger partial charge in [0.2, 0.25) is 5.95 Å². The maximum Gasteiger partial charge on any atom is 0.313 e. The molecule has 0 fully saturated rings. The molecule has 0 aliphatic heterocycles. The Labute approximate surface area is 113 Å². The van der Waals surface area contributed by atoms with Crippen molar-refractivity contribution in [2.75, 3.05) is 11.5 Å². The van der Waals surface area contributed by atoms with Gasteiger partial charge in [-0.05, 0) is 18.1 Å². The van der Waals surface area contributed by atoms with Gasteiger partial charge >= 0.3 is 5.97 Å². The summed E-state index contributed by atoms with van der Waals surface area (Å²) in [6.45, 7) is 0.590. The molecule has 2 heterocycles. The second-order valence-electron chi connectivity index (χ2n) is 3.79. The third-order valence-corrected chi connectivity index (χ3v) is 3.37. The standard InChI is InChI=1S/C11H13N5O2S/c12-10-14-15-11(19-7-9(17)18)16(10)5-3-8-2-1-4-13-6-8/h1-2,4,6H,3,5,7H2,(H2,12,14)(H,17,18). The van der Waals surface area contributed by atoms with E-state index < -0.39 is 5.97 Å². The first-order valence-electron chi connectivity index (χ1n) is 5.59. The van der Waals surface area contributed by atoms with Gasteiger partial charge in [0.1, 0.15) is 0 Å². The number of nitrogens with two attached hydrogens (primary N) is 1. The van der Waals surface area contributed by atoms with E-state index in [1.807, 2.05) is 12.1 Å². The van der Waals surface area contributed by atoms with Gasteiger partial charge in [0.05, 0.1) is 5.75 Å². The van der Waals surface area contributed by atoms with Crippen molar-refractivity contribution < 1.29 is 9.90 Å². The van der Waals surface area contributed by atoms with Gasteiger partial charge in [0, 0.05) is 18.9 Å². The quantitative estimate of drug-likeness (QED) is 0.748. The number of aryl methyl sites for hydroxylation is 1. The Hall–Kier alpha value is -2.09. The smallest absolute Gasteiger partial charge is 0.313 e. The van der Waals surface area contributed by atoms with Crippen LogP contribution in [0.4, 0.5) is 5.95 Å². The van der Waals surface area contributed by atoms with Crippen molar-refractivity contribution in [2.24, 2.45) is 0 Å². The Morgan fingerprint density at radius 3 is 3.00 bits per heavy atom. The highest BCUT2D eigenvalue weighted by Crippen LogP contribution is 2.18. The van der Waals surface area contributed by atoms with Crippen LogP contribution in [0.15, 0.2) is 29.7 Å². The molecular formula is C11H13N5O2S. The summed E-state index contributed by atoms with van der Waals surface area (Å²) in [6.07, 6.45) is 4.23. The molecule has 0 bridgehead atoms. The summed E-state index contributed by atoms with van der Waals surface area (Å²) in [4.78, 5) is 14.6. The molecule has 0 unspecified atom stereocenters. The van der Waals surface area contributed by atoms with E-state index in [1.54, 1.807) is 17.0 Å². The number of carbonyl (C=O) groups is 1. The second-order valence-corrected chi connectivity index (χ2v) is 4.73. The van der Waals surface area contributed by atoms with Crippen LogP contribution in [0, 0.1) is 0 Å². The first kappa shape index (κ1) is 13.3. The van der Waals surface area contributed by atoms with Crippen molar-refractivity contribution in [3.63, 3.8) is 0 Å². The Morgan fingerprint density at radius 1 is 1.47 bits per heavy atom. The fourth-order valence-corrected chi connectivity index (χ4v) is 2.22. The lowest BCUT2D eigenvalue weighted by molar-refractivity contribution is -0.133. The number of hydrogen-bond donors (Lipinski definition) is 2. The molecule has 100 valence electrons. The number of carboxylic acids is 1. The number of anilines is 1. The minimum absolute atomic E-state index is 0.0645. The van der Waals surface area contributed by atoms with Crippen LogP contribution in [-0.4, -0.2) is 36.6 Å². The lowest BCUT2D eigenvalue weighted by Gasteiger charge is -2.07. The maximum absolute atomic E-state index is 10.6. The van der Waals surface area contributed by atoms with Crippen molar-refractivity contribution in [1.82, 2.24) is 19.7 Å². The van der Waals surface area contributed by atoms with E-state index in [0.29, 0.717) is 11.7 Å². The number of nitrogens with zero attached hydrogens (tertiary/aromatic N) is 4. The van der Waals surface area contributed by atoms with Crippen LogP contribution in [0.1, 0.15) is 5.56 Å². The first-order chi connectivity index (χ1) is 9.16. The topological polar surface area (TPSA) is 107 Å². The van der Waals surface area contributed by atoms with E-state index >= 15 is 0 Å². The van der Waals surface area contributed by atoms with Crippen LogP contribution in [0.2, 0.25) is 0 Å². The number of pyridine rings is 1. The molecule has 0 saturated heterocycles. The molecule has 0 atom stereocenters. The lowest BCUT2D eigenvalue weighted by atomic mass is 10.2. The Balaban J connectivity index is 2.03. The van der Waals surface area contributed by atoms with E-state index in [-0.39, 0.29) is 11.7 Å². The molecule has 0 aromatic carbocycles. The highest BCUT2D eigenvalue weighted by Gasteiger charge is 2.11. The summed E-state index contributed by atoms with van der Waals surface area (Å²) in [5.41, 5.74) is 6.80. The van der Waals surface area contributed by atoms with Gasteiger partial charge in [0.15, 0.2) is 5.16 Å². The minimum Gasteiger partial charge on any atom is -0.481 e. The van der Waals surface area contributed by atoms with Gasteiger partial charge in [-0.1, -0.05) is 17.8 Å². The Bertz CT molecular complexity index is 557. The molecule has 7 nitrogen and oxygen atoms in total. The molecule has 2 rings (SSSR count). The number of aromatic nitrogens is 4. The Morgan fingerprint density at radius 2 is 2.32 bits per heavy atom. The summed E-state index contributed by atoms with van der Waals surface area (Å²) < 4.78 is 1.71. The van der Waals surface area contributed by atoms with Gasteiger partial charge in [0.25, 0.3) is 0 Å². The zero-order chi connectivity index (χ0) is 13.7. The number of hydrogen-bond acceptors (Lipinski definition) is 6. The third kappa shape index (κ3) is 3.68.